The van der Waals surface area contributed by atoms with Crippen molar-refractivity contribution in [1.82, 2.24) is 4.98 Å². The number of hydrogen-bond donors (Lipinski definition) is 0. The first-order chi connectivity index (χ1) is 9.86. The maximum absolute atomic E-state index is 5.63. The number of benzene rings is 1. The quantitative estimate of drug-likeness (QED) is 0.784. The van der Waals surface area contributed by atoms with E-state index in [1.165, 1.54) is 22.5 Å². The van der Waals surface area contributed by atoms with Gasteiger partial charge in [-0.3, -0.25) is 4.98 Å². The Morgan fingerprint density at radius 2 is 1.40 bits per heavy atom. The zero-order valence-corrected chi connectivity index (χ0v) is 13.1. The van der Waals surface area contributed by atoms with Crippen LogP contribution in [0.3, 0.4) is 0 Å². The first-order valence-electron chi connectivity index (χ1n) is 6.62. The lowest BCUT2D eigenvalue weighted by Crippen LogP contribution is -1.99. The van der Waals surface area contributed by atoms with E-state index in [4.69, 9.17) is 9.72 Å². The molecule has 0 fully saturated rings. The Balaban J connectivity index is 1.90. The average Bonchev–Trinajstić information content (AvgIpc) is 2.47. The fourth-order valence-electron chi connectivity index (χ4n) is 2.35. The van der Waals surface area contributed by atoms with Gasteiger partial charge in [-0.2, -0.15) is 23.5 Å². The van der Waals surface area contributed by atoms with E-state index in [9.17, 15) is 0 Å². The average molecular weight is 303 g/mol. The molecular weight excluding hydrogens is 286 g/mol. The van der Waals surface area contributed by atoms with Crippen LogP contribution in [0.1, 0.15) is 22.5 Å². The zero-order chi connectivity index (χ0) is 13.8. The van der Waals surface area contributed by atoms with Crippen LogP contribution in [0.4, 0.5) is 0 Å². The standard InChI is InChI=1S/C16H17NOS2/c1-18-16-12-4-2-5-13(16)9-20-11-15-7-3-6-14(17-15)10-19-8-12/h2-7H,8-11H2,1H3. The minimum atomic E-state index is 0.950. The molecule has 1 aromatic carbocycles. The first-order valence-corrected chi connectivity index (χ1v) is 8.93. The molecule has 2 aromatic rings. The fraction of sp³-hybridized carbons (Fsp3) is 0.312. The van der Waals surface area contributed by atoms with Gasteiger partial charge in [0, 0.05) is 34.1 Å². The third-order valence-electron chi connectivity index (χ3n) is 3.26. The van der Waals surface area contributed by atoms with Gasteiger partial charge < -0.3 is 4.74 Å². The molecule has 4 heteroatoms. The molecule has 0 aliphatic carbocycles. The lowest BCUT2D eigenvalue weighted by Gasteiger charge is -2.14. The number of methoxy groups -OCH3 is 1. The van der Waals surface area contributed by atoms with Crippen molar-refractivity contribution in [3.05, 3.63) is 58.9 Å². The number of ether oxygens (including phenoxy) is 1. The Hall–Kier alpha value is -1.13. The second-order valence-corrected chi connectivity index (χ2v) is 6.69. The summed E-state index contributed by atoms with van der Waals surface area (Å²) in [6, 6.07) is 12.8. The minimum Gasteiger partial charge on any atom is -0.496 e. The Morgan fingerprint density at radius 3 is 1.95 bits per heavy atom. The van der Waals surface area contributed by atoms with Crippen LogP contribution in [0, 0.1) is 0 Å². The van der Waals surface area contributed by atoms with Crippen LogP contribution in [0.25, 0.3) is 0 Å². The van der Waals surface area contributed by atoms with Crippen molar-refractivity contribution in [1.29, 1.82) is 0 Å². The maximum Gasteiger partial charge on any atom is 0.126 e. The summed E-state index contributed by atoms with van der Waals surface area (Å²) in [5.74, 6) is 4.89. The van der Waals surface area contributed by atoms with Crippen LogP contribution in [0.2, 0.25) is 0 Å². The van der Waals surface area contributed by atoms with Gasteiger partial charge in [0.1, 0.15) is 5.75 Å². The van der Waals surface area contributed by atoms with Crippen LogP contribution in [0.5, 0.6) is 5.75 Å². The number of para-hydroxylation sites is 1. The van der Waals surface area contributed by atoms with E-state index < -0.39 is 0 Å². The molecule has 0 amide bonds. The second-order valence-electron chi connectivity index (χ2n) is 4.72. The fourth-order valence-corrected chi connectivity index (χ4v) is 4.19. The highest BCUT2D eigenvalue weighted by atomic mass is 32.2. The molecule has 104 valence electrons. The Bertz CT molecular complexity index is 557. The normalized spacial score (nSPS) is 15.1. The van der Waals surface area contributed by atoms with E-state index in [0.29, 0.717) is 0 Å². The molecule has 0 saturated heterocycles. The summed E-state index contributed by atoms with van der Waals surface area (Å²) < 4.78 is 5.63. The highest BCUT2D eigenvalue weighted by Crippen LogP contribution is 2.32. The van der Waals surface area contributed by atoms with E-state index in [2.05, 4.69) is 36.4 Å². The molecule has 0 atom stereocenters. The molecule has 3 rings (SSSR count). The van der Waals surface area contributed by atoms with E-state index in [1.807, 2.05) is 23.5 Å². The van der Waals surface area contributed by atoms with Crippen molar-refractivity contribution < 1.29 is 4.74 Å². The summed E-state index contributed by atoms with van der Waals surface area (Å²) in [6.07, 6.45) is 0. The molecular formula is C16H17NOS2. The van der Waals surface area contributed by atoms with Gasteiger partial charge in [0.25, 0.3) is 0 Å². The lowest BCUT2D eigenvalue weighted by molar-refractivity contribution is 0.408. The van der Waals surface area contributed by atoms with Crippen LogP contribution >= 0.6 is 23.5 Å². The summed E-state index contributed by atoms with van der Waals surface area (Å²) in [6.45, 7) is 0. The second kappa shape index (κ2) is 6.55. The first kappa shape index (κ1) is 13.8. The molecule has 20 heavy (non-hydrogen) atoms. The van der Waals surface area contributed by atoms with Gasteiger partial charge in [0.2, 0.25) is 0 Å². The molecule has 0 N–H and O–H groups in total. The van der Waals surface area contributed by atoms with Crippen molar-refractivity contribution in [3.8, 4) is 5.75 Å². The van der Waals surface area contributed by atoms with Gasteiger partial charge in [-0.15, -0.1) is 0 Å². The summed E-state index contributed by atoms with van der Waals surface area (Å²) in [7, 11) is 1.77. The molecule has 1 aliphatic heterocycles. The molecule has 4 bridgehead atoms. The molecule has 2 nitrogen and oxygen atoms in total. The third kappa shape index (κ3) is 3.13. The van der Waals surface area contributed by atoms with Crippen molar-refractivity contribution >= 4 is 23.5 Å². The number of hydrogen-bond acceptors (Lipinski definition) is 4. The van der Waals surface area contributed by atoms with Crippen molar-refractivity contribution in [2.45, 2.75) is 23.0 Å². The topological polar surface area (TPSA) is 22.1 Å². The molecule has 0 spiro atoms. The summed E-state index contributed by atoms with van der Waals surface area (Å²) in [5.41, 5.74) is 4.91. The maximum atomic E-state index is 5.63. The number of pyridine rings is 1. The van der Waals surface area contributed by atoms with E-state index in [1.54, 1.807) is 7.11 Å². The van der Waals surface area contributed by atoms with Crippen LogP contribution in [-0.4, -0.2) is 12.1 Å². The Morgan fingerprint density at radius 1 is 0.850 bits per heavy atom. The molecule has 0 saturated carbocycles. The predicted molar refractivity (Wildman–Crippen MR) is 87.2 cm³/mol. The summed E-state index contributed by atoms with van der Waals surface area (Å²) >= 11 is 3.78. The van der Waals surface area contributed by atoms with Crippen molar-refractivity contribution in [2.24, 2.45) is 0 Å². The smallest absolute Gasteiger partial charge is 0.126 e. The number of thioether (sulfide) groups is 2. The predicted octanol–water partition coefficient (Wildman–Crippen LogP) is 4.27. The van der Waals surface area contributed by atoms with E-state index in [0.717, 1.165) is 28.8 Å². The number of nitrogens with zero attached hydrogens (tertiary/aromatic N) is 1. The van der Waals surface area contributed by atoms with Gasteiger partial charge in [-0.1, -0.05) is 24.3 Å². The van der Waals surface area contributed by atoms with Gasteiger partial charge in [-0.25, -0.2) is 0 Å². The molecule has 1 aliphatic rings. The van der Waals surface area contributed by atoms with Crippen LogP contribution in [0.15, 0.2) is 36.4 Å². The number of aromatic nitrogens is 1. The zero-order valence-electron chi connectivity index (χ0n) is 11.5. The Labute approximate surface area is 128 Å². The largest absolute Gasteiger partial charge is 0.496 e. The van der Waals surface area contributed by atoms with E-state index >= 15 is 0 Å². The lowest BCUT2D eigenvalue weighted by atomic mass is 10.1. The highest BCUT2D eigenvalue weighted by Gasteiger charge is 2.11. The SMILES string of the molecule is COc1c2cccc1CSCc1cccc(n1)CSC2. The number of rotatable bonds is 1. The van der Waals surface area contributed by atoms with Crippen molar-refractivity contribution in [3.63, 3.8) is 0 Å². The number of fused-ring (bicyclic) bond motifs is 4. The van der Waals surface area contributed by atoms with Crippen molar-refractivity contribution in [2.75, 3.05) is 7.11 Å². The van der Waals surface area contributed by atoms with Crippen LogP contribution < -0.4 is 4.74 Å². The van der Waals surface area contributed by atoms with Gasteiger partial charge in [-0.05, 0) is 12.1 Å². The molecule has 0 unspecified atom stereocenters. The van der Waals surface area contributed by atoms with Gasteiger partial charge in [0.05, 0.1) is 18.5 Å². The molecule has 0 radical (unpaired) electrons. The third-order valence-corrected chi connectivity index (χ3v) is 5.29. The highest BCUT2D eigenvalue weighted by molar-refractivity contribution is 7.98. The Kier molecular flexibility index (Phi) is 4.53. The monoisotopic (exact) mass is 303 g/mol. The molecule has 1 aromatic heterocycles. The summed E-state index contributed by atoms with van der Waals surface area (Å²) in [4.78, 5) is 4.71. The van der Waals surface area contributed by atoms with Gasteiger partial charge in [0.15, 0.2) is 0 Å². The molecule has 2 heterocycles. The minimum absolute atomic E-state index is 0.950. The van der Waals surface area contributed by atoms with Gasteiger partial charge >= 0.3 is 0 Å². The van der Waals surface area contributed by atoms with E-state index in [-0.39, 0.29) is 0 Å². The van der Waals surface area contributed by atoms with Crippen LogP contribution in [-0.2, 0) is 23.0 Å². The summed E-state index contributed by atoms with van der Waals surface area (Å²) in [5, 5.41) is 0.